The van der Waals surface area contributed by atoms with Crippen molar-refractivity contribution in [1.82, 2.24) is 20.2 Å². The van der Waals surface area contributed by atoms with Crippen molar-refractivity contribution in [2.24, 2.45) is 5.41 Å². The summed E-state index contributed by atoms with van der Waals surface area (Å²) < 4.78 is 6.23. The van der Waals surface area contributed by atoms with Gasteiger partial charge in [0.05, 0.1) is 6.10 Å². The molecule has 0 spiro atoms. The zero-order chi connectivity index (χ0) is 33.1. The quantitative estimate of drug-likeness (QED) is 0.165. The van der Waals surface area contributed by atoms with E-state index in [0.717, 1.165) is 12.8 Å². The van der Waals surface area contributed by atoms with E-state index < -0.39 is 28.0 Å². The summed E-state index contributed by atoms with van der Waals surface area (Å²) >= 11 is 4.80. The summed E-state index contributed by atoms with van der Waals surface area (Å²) in [6, 6.07) is 6.70. The Morgan fingerprint density at radius 1 is 1.09 bits per heavy atom. The minimum absolute atomic E-state index is 0.00508. The van der Waals surface area contributed by atoms with Gasteiger partial charge >= 0.3 is 5.69 Å². The van der Waals surface area contributed by atoms with Gasteiger partial charge < -0.3 is 21.1 Å². The van der Waals surface area contributed by atoms with Gasteiger partial charge in [-0.05, 0) is 45.6 Å². The number of fused-ring (bicyclic) bond motifs is 1. The number of nitrogens with two attached hydrogens (primary N) is 1. The molecule has 1 saturated heterocycles. The highest BCUT2D eigenvalue weighted by atomic mass is 32.1. The number of benzene rings is 1. The first-order chi connectivity index (χ1) is 21.2. The largest absolute Gasteiger partial charge is 0.383 e. The lowest BCUT2D eigenvalue weighted by molar-refractivity contribution is -0.130. The van der Waals surface area contributed by atoms with Crippen molar-refractivity contribution in [3.8, 4) is 0 Å². The van der Waals surface area contributed by atoms with Crippen LogP contribution in [-0.4, -0.2) is 56.9 Å². The first-order valence-electron chi connectivity index (χ1n) is 15.1. The molecule has 1 aliphatic heterocycles. The molecule has 3 atom stereocenters. The highest BCUT2D eigenvalue weighted by molar-refractivity contribution is 7.82. The van der Waals surface area contributed by atoms with Crippen LogP contribution in [0.15, 0.2) is 52.5 Å². The number of Topliss-reactive ketones (excluding diaryl/α,β-unsaturated/α-hetero) is 2. The van der Waals surface area contributed by atoms with Crippen LogP contribution in [-0.2, 0) is 14.3 Å². The Morgan fingerprint density at radius 3 is 2.38 bits per heavy atom. The molecule has 4 N–H and O–H groups in total. The Morgan fingerprint density at radius 2 is 1.73 bits per heavy atom. The molecule has 11 nitrogen and oxygen atoms in total. The number of nitrogen functional groups attached to an aromatic ring is 1. The maximum Gasteiger partial charge on any atom is 0.351 e. The maximum atomic E-state index is 13.4. The number of allylic oxidation sites excluding steroid dienone is 1. The van der Waals surface area contributed by atoms with Crippen LogP contribution in [0.5, 0.6) is 0 Å². The lowest BCUT2D eigenvalue weighted by Gasteiger charge is -2.36. The minimum atomic E-state index is -1.06. The van der Waals surface area contributed by atoms with Gasteiger partial charge in [0.2, 0.25) is 11.8 Å². The highest BCUT2D eigenvalue weighted by Gasteiger charge is 2.43. The van der Waals surface area contributed by atoms with E-state index in [1.807, 2.05) is 6.92 Å². The van der Waals surface area contributed by atoms with Crippen LogP contribution in [0.4, 0.5) is 5.82 Å². The number of rotatable bonds is 11. The van der Waals surface area contributed by atoms with Gasteiger partial charge in [-0.3, -0.25) is 23.7 Å². The SMILES string of the molecule is CCC1CCC(n2cc(/C=C/C(=O)NCCNC(=O)C(C)(C)CC(C)(S)C3=C(C)C(=O)c4ccccc4C3=O)c(N)nc2=O)O1. The maximum absolute atomic E-state index is 13.4. The molecule has 1 aromatic carbocycles. The van der Waals surface area contributed by atoms with Crippen molar-refractivity contribution >= 4 is 47.9 Å². The third-order valence-electron chi connectivity index (χ3n) is 8.28. The number of thiol groups is 1. The van der Waals surface area contributed by atoms with Crippen LogP contribution in [0, 0.1) is 5.41 Å². The van der Waals surface area contributed by atoms with Crippen LogP contribution in [0.2, 0.25) is 0 Å². The smallest absolute Gasteiger partial charge is 0.351 e. The molecule has 2 aromatic rings. The third-order valence-corrected chi connectivity index (χ3v) is 8.67. The van der Waals surface area contributed by atoms with Crippen molar-refractivity contribution in [2.45, 2.75) is 77.4 Å². The summed E-state index contributed by atoms with van der Waals surface area (Å²) in [5.41, 5.74) is 6.19. The monoisotopic (exact) mass is 635 g/mol. The molecule has 2 heterocycles. The van der Waals surface area contributed by atoms with E-state index in [2.05, 4.69) is 15.6 Å². The number of amides is 2. The summed E-state index contributed by atoms with van der Waals surface area (Å²) in [6.07, 6.45) is 6.53. The second kappa shape index (κ2) is 13.5. The molecule has 2 amide bonds. The van der Waals surface area contributed by atoms with Crippen molar-refractivity contribution < 1.29 is 23.9 Å². The second-order valence-corrected chi connectivity index (χ2v) is 13.4. The molecule has 1 aromatic heterocycles. The fourth-order valence-electron chi connectivity index (χ4n) is 6.03. The van der Waals surface area contributed by atoms with Crippen LogP contribution >= 0.6 is 12.6 Å². The standard InChI is InChI=1S/C33H41N5O6S/c1-6-21-12-14-25(44-21)38-17-20(29(34)37-31(38)43)11-13-24(39)35-15-16-36-30(42)32(3,4)18-33(5,45)26-19(2)27(40)22-9-7-8-10-23(22)28(26)41/h7-11,13,17,21,25,45H,6,12,14-16,18H2,1-5H3,(H,35,39)(H,36,42)(H2,34,37,43)/b13-11+. The number of aromatic nitrogens is 2. The van der Waals surface area contributed by atoms with Crippen molar-refractivity contribution in [1.29, 1.82) is 0 Å². The predicted octanol–water partition coefficient (Wildman–Crippen LogP) is 3.66. The Hall–Kier alpha value is -4.03. The summed E-state index contributed by atoms with van der Waals surface area (Å²) in [7, 11) is 0. The Bertz CT molecular complexity index is 1640. The molecular weight excluding hydrogens is 594 g/mol. The van der Waals surface area contributed by atoms with Crippen LogP contribution in [0.3, 0.4) is 0 Å². The zero-order valence-corrected chi connectivity index (χ0v) is 27.2. The van der Waals surface area contributed by atoms with Gasteiger partial charge in [0.25, 0.3) is 0 Å². The first-order valence-corrected chi connectivity index (χ1v) is 15.5. The second-order valence-electron chi connectivity index (χ2n) is 12.4. The third kappa shape index (κ3) is 7.45. The number of nitrogens with one attached hydrogen (secondary N) is 2. The van der Waals surface area contributed by atoms with Gasteiger partial charge in [-0.15, -0.1) is 0 Å². The van der Waals surface area contributed by atoms with Gasteiger partial charge in [-0.1, -0.05) is 45.0 Å². The van der Waals surface area contributed by atoms with Gasteiger partial charge in [0, 0.05) is 63.4 Å². The number of carbonyl (C=O) groups is 4. The summed E-state index contributed by atoms with van der Waals surface area (Å²) in [4.78, 5) is 68.3. The van der Waals surface area contributed by atoms with E-state index >= 15 is 0 Å². The molecule has 2 aliphatic rings. The van der Waals surface area contributed by atoms with Crippen LogP contribution in [0.1, 0.15) is 92.8 Å². The average Bonchev–Trinajstić information content (AvgIpc) is 3.46. The normalized spacial score (nSPS) is 19.9. The van der Waals surface area contributed by atoms with Gasteiger partial charge in [0.1, 0.15) is 12.0 Å². The molecule has 240 valence electrons. The topological polar surface area (TPSA) is 162 Å². The number of anilines is 1. The summed E-state index contributed by atoms with van der Waals surface area (Å²) in [5, 5.41) is 5.53. The van der Waals surface area contributed by atoms with Gasteiger partial charge in [-0.2, -0.15) is 17.6 Å². The highest BCUT2D eigenvalue weighted by Crippen LogP contribution is 2.42. The molecule has 3 unspecified atom stereocenters. The number of nitrogens with zero attached hydrogens (tertiary/aromatic N) is 2. The zero-order valence-electron chi connectivity index (χ0n) is 26.3. The molecule has 45 heavy (non-hydrogen) atoms. The van der Waals surface area contributed by atoms with Crippen LogP contribution < -0.4 is 22.1 Å². The number of carbonyl (C=O) groups excluding carboxylic acids is 4. The molecule has 0 bridgehead atoms. The number of hydrogen-bond donors (Lipinski definition) is 4. The molecular formula is C33H41N5O6S. The van der Waals surface area contributed by atoms with E-state index in [1.165, 1.54) is 16.7 Å². The van der Waals surface area contributed by atoms with E-state index in [0.29, 0.717) is 34.3 Å². The minimum Gasteiger partial charge on any atom is -0.383 e. The number of ether oxygens (including phenoxy) is 1. The Balaban J connectivity index is 1.31. The fourth-order valence-corrected chi connectivity index (χ4v) is 6.69. The van der Waals surface area contributed by atoms with E-state index in [-0.39, 0.29) is 48.9 Å². The number of ketones is 2. The lowest BCUT2D eigenvalue weighted by Crippen LogP contribution is -2.45. The molecule has 1 fully saturated rings. The average molecular weight is 636 g/mol. The van der Waals surface area contributed by atoms with Crippen molar-refractivity contribution in [3.63, 3.8) is 0 Å². The number of hydrogen-bond acceptors (Lipinski definition) is 9. The molecule has 12 heteroatoms. The van der Waals surface area contributed by atoms with Crippen molar-refractivity contribution in [2.75, 3.05) is 18.8 Å². The van der Waals surface area contributed by atoms with Gasteiger partial charge in [0.15, 0.2) is 11.6 Å². The van der Waals surface area contributed by atoms with E-state index in [9.17, 15) is 24.0 Å². The Labute approximate surface area is 268 Å². The van der Waals surface area contributed by atoms with Crippen molar-refractivity contribution in [3.05, 3.63) is 74.9 Å². The van der Waals surface area contributed by atoms with Crippen LogP contribution in [0.25, 0.3) is 6.08 Å². The Kier molecular flexibility index (Phi) is 10.2. The first kappa shape index (κ1) is 33.9. The fraction of sp³-hybridized carbons (Fsp3) is 0.455. The van der Waals surface area contributed by atoms with Gasteiger partial charge in [-0.25, -0.2) is 4.79 Å². The summed E-state index contributed by atoms with van der Waals surface area (Å²) in [6.45, 7) is 9.19. The summed E-state index contributed by atoms with van der Waals surface area (Å²) in [5.74, 6) is -1.19. The molecule has 4 rings (SSSR count). The van der Waals surface area contributed by atoms with E-state index in [4.69, 9.17) is 23.1 Å². The lowest BCUT2D eigenvalue weighted by atomic mass is 9.73. The predicted molar refractivity (Wildman–Crippen MR) is 175 cm³/mol. The molecule has 0 radical (unpaired) electrons. The molecule has 1 aliphatic carbocycles. The van der Waals surface area contributed by atoms with E-state index in [1.54, 1.807) is 58.2 Å². The molecule has 0 saturated carbocycles.